The van der Waals surface area contributed by atoms with Gasteiger partial charge in [-0.3, -0.25) is 4.79 Å². The number of carbonyl (C=O) groups is 1. The molecule has 2 aromatic rings. The molecule has 0 radical (unpaired) electrons. The summed E-state index contributed by atoms with van der Waals surface area (Å²) >= 11 is 0. The first-order valence-corrected chi connectivity index (χ1v) is 7.74. The summed E-state index contributed by atoms with van der Waals surface area (Å²) in [5.41, 5.74) is 0.892. The quantitative estimate of drug-likeness (QED) is 0.789. The van der Waals surface area contributed by atoms with Crippen molar-refractivity contribution >= 4 is 15.8 Å². The minimum atomic E-state index is -3.68. The Morgan fingerprint density at radius 1 is 1.33 bits per heavy atom. The lowest BCUT2D eigenvalue weighted by atomic mass is 10.2. The summed E-state index contributed by atoms with van der Waals surface area (Å²) in [6, 6.07) is 7.66. The number of ketones is 1. The predicted molar refractivity (Wildman–Crippen MR) is 76.3 cm³/mol. The maximum Gasteiger partial charge on any atom is 0.243 e. The fourth-order valence-corrected chi connectivity index (χ4v) is 3.05. The third-order valence-electron chi connectivity index (χ3n) is 3.01. The molecule has 0 amide bonds. The molecule has 2 rings (SSSR count). The molecule has 0 aliphatic carbocycles. The molecule has 1 heterocycles. The Bertz CT molecular complexity index is 765. The van der Waals surface area contributed by atoms with Gasteiger partial charge in [0.25, 0.3) is 0 Å². The lowest BCUT2D eigenvalue weighted by molar-refractivity contribution is 0.101. The van der Waals surface area contributed by atoms with Gasteiger partial charge in [-0.15, -0.1) is 0 Å². The second kappa shape index (κ2) is 5.79. The smallest absolute Gasteiger partial charge is 0.243 e. The number of aryl methyl sites for hydroxylation is 1. The van der Waals surface area contributed by atoms with E-state index in [2.05, 4.69) is 5.16 Å². The van der Waals surface area contributed by atoms with E-state index >= 15 is 0 Å². The van der Waals surface area contributed by atoms with Crippen LogP contribution in [-0.4, -0.2) is 30.7 Å². The van der Waals surface area contributed by atoms with Gasteiger partial charge in [0.15, 0.2) is 5.78 Å². The summed E-state index contributed by atoms with van der Waals surface area (Å²) in [6.45, 7) is 3.24. The number of aromatic nitrogens is 1. The van der Waals surface area contributed by atoms with Crippen molar-refractivity contribution in [1.82, 2.24) is 9.46 Å². The molecule has 21 heavy (non-hydrogen) atoms. The van der Waals surface area contributed by atoms with Crippen LogP contribution in [0, 0.1) is 6.92 Å². The maximum absolute atomic E-state index is 12.5. The number of rotatable bonds is 5. The summed E-state index contributed by atoms with van der Waals surface area (Å²) in [7, 11) is -2.23. The number of sulfonamides is 1. The van der Waals surface area contributed by atoms with Gasteiger partial charge in [0, 0.05) is 18.7 Å². The molecule has 0 saturated carbocycles. The first kappa shape index (κ1) is 15.4. The highest BCUT2D eigenvalue weighted by Gasteiger charge is 2.22. The van der Waals surface area contributed by atoms with Gasteiger partial charge < -0.3 is 4.52 Å². The lowest BCUT2D eigenvalue weighted by Crippen LogP contribution is -2.26. The topological polar surface area (TPSA) is 80.5 Å². The van der Waals surface area contributed by atoms with E-state index in [1.807, 2.05) is 0 Å². The van der Waals surface area contributed by atoms with Gasteiger partial charge in [-0.05, 0) is 26.0 Å². The van der Waals surface area contributed by atoms with E-state index in [-0.39, 0.29) is 17.2 Å². The van der Waals surface area contributed by atoms with Crippen molar-refractivity contribution in [2.24, 2.45) is 0 Å². The molecular weight excluding hydrogens is 292 g/mol. The highest BCUT2D eigenvalue weighted by Crippen LogP contribution is 2.18. The SMILES string of the molecule is CC(=O)c1cccc(S(=O)(=O)N(C)Cc2cc(C)on2)c1. The zero-order valence-corrected chi connectivity index (χ0v) is 12.8. The second-order valence-corrected chi connectivity index (χ2v) is 6.82. The van der Waals surface area contributed by atoms with Crippen molar-refractivity contribution in [2.75, 3.05) is 7.05 Å². The Morgan fingerprint density at radius 2 is 2.05 bits per heavy atom. The van der Waals surface area contributed by atoms with Gasteiger partial charge in [-0.25, -0.2) is 8.42 Å². The molecule has 7 heteroatoms. The van der Waals surface area contributed by atoms with Gasteiger partial charge in [0.2, 0.25) is 10.0 Å². The van der Waals surface area contributed by atoms with Crippen LogP contribution in [0.1, 0.15) is 28.7 Å². The average molecular weight is 308 g/mol. The number of Topliss-reactive ketones (excluding diaryl/α,β-unsaturated/α-hetero) is 1. The molecule has 0 spiro atoms. The highest BCUT2D eigenvalue weighted by atomic mass is 32.2. The van der Waals surface area contributed by atoms with E-state index in [4.69, 9.17) is 4.52 Å². The monoisotopic (exact) mass is 308 g/mol. The van der Waals surface area contributed by atoms with Crippen LogP contribution in [0.15, 0.2) is 39.8 Å². The Morgan fingerprint density at radius 3 is 2.62 bits per heavy atom. The third kappa shape index (κ3) is 3.37. The predicted octanol–water partition coefficient (Wildman–Crippen LogP) is 2.01. The van der Waals surface area contributed by atoms with Crippen LogP contribution in [0.25, 0.3) is 0 Å². The van der Waals surface area contributed by atoms with Crippen LogP contribution in [0.3, 0.4) is 0 Å². The molecular formula is C14H16N2O4S. The molecule has 0 bridgehead atoms. The minimum absolute atomic E-state index is 0.0814. The van der Waals surface area contributed by atoms with E-state index < -0.39 is 10.0 Å². The van der Waals surface area contributed by atoms with Crippen molar-refractivity contribution in [1.29, 1.82) is 0 Å². The molecule has 0 aliphatic rings. The third-order valence-corrected chi connectivity index (χ3v) is 4.81. The maximum atomic E-state index is 12.5. The van der Waals surface area contributed by atoms with Crippen LogP contribution in [-0.2, 0) is 16.6 Å². The first-order chi connectivity index (χ1) is 9.80. The van der Waals surface area contributed by atoms with Crippen LogP contribution in [0.2, 0.25) is 0 Å². The van der Waals surface area contributed by atoms with Gasteiger partial charge >= 0.3 is 0 Å². The number of nitrogens with zero attached hydrogens (tertiary/aromatic N) is 2. The Balaban J connectivity index is 2.28. The van der Waals surface area contributed by atoms with E-state index in [9.17, 15) is 13.2 Å². The molecule has 0 fully saturated rings. The molecule has 1 aromatic heterocycles. The van der Waals surface area contributed by atoms with Gasteiger partial charge in [-0.1, -0.05) is 17.3 Å². The van der Waals surface area contributed by atoms with Crippen LogP contribution < -0.4 is 0 Å². The van der Waals surface area contributed by atoms with Crippen molar-refractivity contribution in [3.63, 3.8) is 0 Å². The largest absolute Gasteiger partial charge is 0.361 e. The van der Waals surface area contributed by atoms with Crippen LogP contribution in [0.4, 0.5) is 0 Å². The van der Waals surface area contributed by atoms with Gasteiger partial charge in [-0.2, -0.15) is 4.31 Å². The molecule has 0 aliphatic heterocycles. The summed E-state index contributed by atoms with van der Waals surface area (Å²) in [5, 5.41) is 3.77. The first-order valence-electron chi connectivity index (χ1n) is 6.30. The van der Waals surface area contributed by atoms with Crippen molar-refractivity contribution in [2.45, 2.75) is 25.3 Å². The molecule has 0 unspecified atom stereocenters. The summed E-state index contributed by atoms with van der Waals surface area (Å²) in [6.07, 6.45) is 0. The van der Waals surface area contributed by atoms with Crippen molar-refractivity contribution in [3.8, 4) is 0 Å². The lowest BCUT2D eigenvalue weighted by Gasteiger charge is -2.16. The fourth-order valence-electron chi connectivity index (χ4n) is 1.86. The number of carbonyl (C=O) groups excluding carboxylic acids is 1. The molecule has 1 aromatic carbocycles. The van der Waals surface area contributed by atoms with E-state index in [1.165, 1.54) is 30.4 Å². The summed E-state index contributed by atoms with van der Waals surface area (Å²) in [5.74, 6) is 0.441. The molecule has 112 valence electrons. The Hall–Kier alpha value is -1.99. The summed E-state index contributed by atoms with van der Waals surface area (Å²) in [4.78, 5) is 11.4. The number of benzene rings is 1. The average Bonchev–Trinajstić information content (AvgIpc) is 2.84. The summed E-state index contributed by atoms with van der Waals surface area (Å²) < 4.78 is 31.0. The minimum Gasteiger partial charge on any atom is -0.361 e. The zero-order valence-electron chi connectivity index (χ0n) is 12.0. The standard InChI is InChI=1S/C14H16N2O4S/c1-10-7-13(15-20-10)9-16(3)21(18,19)14-6-4-5-12(8-14)11(2)17/h4-8H,9H2,1-3H3. The Labute approximate surface area is 123 Å². The fraction of sp³-hybridized carbons (Fsp3) is 0.286. The molecule has 0 N–H and O–H groups in total. The number of hydrogen-bond donors (Lipinski definition) is 0. The van der Waals surface area contributed by atoms with E-state index in [0.29, 0.717) is 17.0 Å². The van der Waals surface area contributed by atoms with Crippen LogP contribution >= 0.6 is 0 Å². The number of hydrogen-bond acceptors (Lipinski definition) is 5. The van der Waals surface area contributed by atoms with Gasteiger partial charge in [0.1, 0.15) is 5.76 Å². The highest BCUT2D eigenvalue weighted by molar-refractivity contribution is 7.89. The van der Waals surface area contributed by atoms with Crippen molar-refractivity contribution in [3.05, 3.63) is 47.3 Å². The molecule has 6 nitrogen and oxygen atoms in total. The molecule has 0 saturated heterocycles. The molecule has 0 atom stereocenters. The Kier molecular flexibility index (Phi) is 4.24. The second-order valence-electron chi connectivity index (χ2n) is 4.77. The normalized spacial score (nSPS) is 11.8. The zero-order chi connectivity index (χ0) is 15.6. The van der Waals surface area contributed by atoms with Crippen LogP contribution in [0.5, 0.6) is 0 Å². The van der Waals surface area contributed by atoms with E-state index in [1.54, 1.807) is 25.1 Å². The van der Waals surface area contributed by atoms with Crippen molar-refractivity contribution < 1.29 is 17.7 Å². The van der Waals surface area contributed by atoms with Gasteiger partial charge in [0.05, 0.1) is 17.1 Å². The van der Waals surface area contributed by atoms with E-state index in [0.717, 1.165) is 0 Å².